The van der Waals surface area contributed by atoms with Crippen molar-refractivity contribution in [3.63, 3.8) is 0 Å². The summed E-state index contributed by atoms with van der Waals surface area (Å²) in [4.78, 5) is 32.1. The minimum atomic E-state index is -0.0378. The van der Waals surface area contributed by atoms with Crippen LogP contribution in [-0.4, -0.2) is 40.5 Å². The molecule has 0 saturated carbocycles. The predicted octanol–water partition coefficient (Wildman–Crippen LogP) is 2.35. The standard InChI is InChI=1S/C18H23N3O3S2/c1-2-19-14(22)10-25-18-20-16-15(12-6-3-7-13(12)26-16)17(23)21(18)9-11-5-4-8-24-11/h11H,2-10H2,1H3,(H,19,22)/t11-/m0/s1. The van der Waals surface area contributed by atoms with Gasteiger partial charge in [-0.25, -0.2) is 4.98 Å². The summed E-state index contributed by atoms with van der Waals surface area (Å²) in [6, 6.07) is 0. The number of ether oxygens (including phenoxy) is 1. The lowest BCUT2D eigenvalue weighted by Crippen LogP contribution is -2.30. The summed E-state index contributed by atoms with van der Waals surface area (Å²) in [5, 5.41) is 4.22. The van der Waals surface area contributed by atoms with Crippen molar-refractivity contribution in [2.45, 2.75) is 56.8 Å². The van der Waals surface area contributed by atoms with Crippen LogP contribution in [-0.2, 0) is 28.9 Å². The Kier molecular flexibility index (Phi) is 5.33. The van der Waals surface area contributed by atoms with Gasteiger partial charge in [-0.1, -0.05) is 11.8 Å². The number of thioether (sulfide) groups is 1. The van der Waals surface area contributed by atoms with Crippen LogP contribution in [0.4, 0.5) is 0 Å². The van der Waals surface area contributed by atoms with Crippen molar-refractivity contribution in [1.82, 2.24) is 14.9 Å². The number of thiophene rings is 1. The molecule has 4 rings (SSSR count). The van der Waals surface area contributed by atoms with E-state index in [0.717, 1.165) is 48.9 Å². The molecule has 0 aromatic carbocycles. The van der Waals surface area contributed by atoms with E-state index in [0.29, 0.717) is 18.2 Å². The SMILES string of the molecule is CCNC(=O)CSc1nc2sc3c(c2c(=O)n1C[C@@H]1CCCO1)CCC3. The molecule has 8 heteroatoms. The number of fused-ring (bicyclic) bond motifs is 3. The third kappa shape index (κ3) is 3.42. The van der Waals surface area contributed by atoms with Crippen LogP contribution in [0.5, 0.6) is 0 Å². The van der Waals surface area contributed by atoms with E-state index in [4.69, 9.17) is 9.72 Å². The monoisotopic (exact) mass is 393 g/mol. The number of rotatable bonds is 6. The maximum absolute atomic E-state index is 13.3. The first-order valence-corrected chi connectivity index (χ1v) is 11.0. The first kappa shape index (κ1) is 18.0. The molecule has 2 aromatic heterocycles. The lowest BCUT2D eigenvalue weighted by atomic mass is 10.2. The quantitative estimate of drug-likeness (QED) is 0.602. The Balaban J connectivity index is 1.72. The Morgan fingerprint density at radius 3 is 3.08 bits per heavy atom. The van der Waals surface area contributed by atoms with E-state index in [1.165, 1.54) is 22.2 Å². The van der Waals surface area contributed by atoms with E-state index in [2.05, 4.69) is 5.32 Å². The van der Waals surface area contributed by atoms with Crippen LogP contribution in [0, 0.1) is 0 Å². The molecule has 1 saturated heterocycles. The van der Waals surface area contributed by atoms with Crippen LogP contribution in [0.2, 0.25) is 0 Å². The lowest BCUT2D eigenvalue weighted by molar-refractivity contribution is -0.118. The second-order valence-corrected chi connectivity index (χ2v) is 8.75. The number of aromatic nitrogens is 2. The Morgan fingerprint density at radius 1 is 1.42 bits per heavy atom. The summed E-state index contributed by atoms with van der Waals surface area (Å²) in [6.45, 7) is 3.77. The van der Waals surface area contributed by atoms with Gasteiger partial charge >= 0.3 is 0 Å². The Morgan fingerprint density at radius 2 is 2.31 bits per heavy atom. The third-order valence-electron chi connectivity index (χ3n) is 4.91. The summed E-state index contributed by atoms with van der Waals surface area (Å²) in [7, 11) is 0. The van der Waals surface area contributed by atoms with Crippen molar-refractivity contribution in [2.75, 3.05) is 18.9 Å². The van der Waals surface area contributed by atoms with Crippen molar-refractivity contribution in [2.24, 2.45) is 0 Å². The Bertz CT molecular complexity index is 884. The summed E-state index contributed by atoms with van der Waals surface area (Å²) < 4.78 is 7.49. The fourth-order valence-corrected chi connectivity index (χ4v) is 5.84. The van der Waals surface area contributed by atoms with Gasteiger partial charge in [0, 0.05) is 18.0 Å². The Labute approximate surface area is 160 Å². The molecule has 0 unspecified atom stereocenters. The summed E-state index contributed by atoms with van der Waals surface area (Å²) >= 11 is 2.98. The van der Waals surface area contributed by atoms with Gasteiger partial charge in [-0.3, -0.25) is 14.2 Å². The summed E-state index contributed by atoms with van der Waals surface area (Å²) in [6.07, 6.45) is 5.19. The molecule has 1 N–H and O–H groups in total. The molecular formula is C18H23N3O3S2. The number of aryl methyl sites for hydroxylation is 2. The second-order valence-electron chi connectivity index (χ2n) is 6.72. The van der Waals surface area contributed by atoms with E-state index >= 15 is 0 Å². The van der Waals surface area contributed by atoms with E-state index in [-0.39, 0.29) is 23.3 Å². The topological polar surface area (TPSA) is 73.2 Å². The molecular weight excluding hydrogens is 370 g/mol. The molecule has 1 aliphatic heterocycles. The Hall–Kier alpha value is -1.38. The minimum Gasteiger partial charge on any atom is -0.376 e. The lowest BCUT2D eigenvalue weighted by Gasteiger charge is -2.16. The van der Waals surface area contributed by atoms with Crippen molar-refractivity contribution in [3.8, 4) is 0 Å². The zero-order valence-electron chi connectivity index (χ0n) is 14.9. The molecule has 0 radical (unpaired) electrons. The average molecular weight is 394 g/mol. The molecule has 1 amide bonds. The molecule has 1 fully saturated rings. The molecule has 1 atom stereocenters. The van der Waals surface area contributed by atoms with Crippen LogP contribution in [0.25, 0.3) is 10.2 Å². The van der Waals surface area contributed by atoms with Crippen LogP contribution in [0.15, 0.2) is 9.95 Å². The van der Waals surface area contributed by atoms with E-state index < -0.39 is 0 Å². The van der Waals surface area contributed by atoms with Gasteiger partial charge in [-0.05, 0) is 44.6 Å². The van der Waals surface area contributed by atoms with Crippen LogP contribution < -0.4 is 10.9 Å². The second kappa shape index (κ2) is 7.70. The number of hydrogen-bond donors (Lipinski definition) is 1. The van der Waals surface area contributed by atoms with Crippen molar-refractivity contribution >= 4 is 39.2 Å². The highest BCUT2D eigenvalue weighted by Gasteiger charge is 2.25. The molecule has 1 aliphatic carbocycles. The van der Waals surface area contributed by atoms with E-state index in [9.17, 15) is 9.59 Å². The van der Waals surface area contributed by atoms with Gasteiger partial charge in [0.25, 0.3) is 5.56 Å². The van der Waals surface area contributed by atoms with Gasteiger partial charge in [0.2, 0.25) is 5.91 Å². The minimum absolute atomic E-state index is 0.0308. The first-order chi connectivity index (χ1) is 12.7. The van der Waals surface area contributed by atoms with Gasteiger partial charge in [0.15, 0.2) is 5.16 Å². The zero-order valence-corrected chi connectivity index (χ0v) is 16.5. The normalized spacial score (nSPS) is 19.2. The smallest absolute Gasteiger partial charge is 0.263 e. The van der Waals surface area contributed by atoms with Crippen molar-refractivity contribution in [1.29, 1.82) is 0 Å². The molecule has 6 nitrogen and oxygen atoms in total. The average Bonchev–Trinajstić information content (AvgIpc) is 3.33. The number of nitrogens with one attached hydrogen (secondary N) is 1. The molecule has 2 aromatic rings. The maximum atomic E-state index is 13.3. The van der Waals surface area contributed by atoms with Gasteiger partial charge in [0.1, 0.15) is 4.83 Å². The largest absolute Gasteiger partial charge is 0.376 e. The number of carbonyl (C=O) groups excluding carboxylic acids is 1. The predicted molar refractivity (Wildman–Crippen MR) is 104 cm³/mol. The van der Waals surface area contributed by atoms with Gasteiger partial charge in [-0.15, -0.1) is 11.3 Å². The fourth-order valence-electron chi connectivity index (χ4n) is 3.70. The number of carbonyl (C=O) groups is 1. The van der Waals surface area contributed by atoms with E-state index in [1.807, 2.05) is 6.92 Å². The van der Waals surface area contributed by atoms with Gasteiger partial charge in [-0.2, -0.15) is 0 Å². The first-order valence-electron chi connectivity index (χ1n) is 9.23. The number of amides is 1. The fraction of sp³-hybridized carbons (Fsp3) is 0.611. The molecule has 3 heterocycles. The molecule has 0 spiro atoms. The summed E-state index contributed by atoms with van der Waals surface area (Å²) in [5.41, 5.74) is 1.23. The van der Waals surface area contributed by atoms with Crippen molar-refractivity contribution < 1.29 is 9.53 Å². The number of nitrogens with zero attached hydrogens (tertiary/aromatic N) is 2. The highest BCUT2D eigenvalue weighted by atomic mass is 32.2. The highest BCUT2D eigenvalue weighted by Crippen LogP contribution is 2.35. The molecule has 140 valence electrons. The van der Waals surface area contributed by atoms with Crippen LogP contribution in [0.1, 0.15) is 36.6 Å². The van der Waals surface area contributed by atoms with Crippen LogP contribution >= 0.6 is 23.1 Å². The molecule has 2 aliphatic rings. The zero-order chi connectivity index (χ0) is 18.1. The highest BCUT2D eigenvalue weighted by molar-refractivity contribution is 7.99. The third-order valence-corrected chi connectivity index (χ3v) is 7.07. The molecule has 26 heavy (non-hydrogen) atoms. The van der Waals surface area contributed by atoms with E-state index in [1.54, 1.807) is 15.9 Å². The van der Waals surface area contributed by atoms with Gasteiger partial charge in [0.05, 0.1) is 23.8 Å². The van der Waals surface area contributed by atoms with Crippen LogP contribution in [0.3, 0.4) is 0 Å². The summed E-state index contributed by atoms with van der Waals surface area (Å²) in [5.74, 6) is 0.228. The van der Waals surface area contributed by atoms with Gasteiger partial charge < -0.3 is 10.1 Å². The number of hydrogen-bond acceptors (Lipinski definition) is 6. The molecule has 0 bridgehead atoms. The van der Waals surface area contributed by atoms with Crippen molar-refractivity contribution in [3.05, 3.63) is 20.8 Å². The maximum Gasteiger partial charge on any atom is 0.263 e.